The van der Waals surface area contributed by atoms with Gasteiger partial charge in [0.1, 0.15) is 0 Å². The first-order valence-electron chi connectivity index (χ1n) is 6.93. The largest absolute Gasteiger partial charge is 0.481 e. The second-order valence-corrected chi connectivity index (χ2v) is 5.18. The van der Waals surface area contributed by atoms with Crippen LogP contribution < -0.4 is 5.32 Å². The van der Waals surface area contributed by atoms with E-state index >= 15 is 0 Å². The molecule has 1 aliphatic rings. The van der Waals surface area contributed by atoms with Crippen LogP contribution in [-0.2, 0) is 4.79 Å². The van der Waals surface area contributed by atoms with Crippen molar-refractivity contribution in [1.29, 1.82) is 0 Å². The Labute approximate surface area is 124 Å². The van der Waals surface area contributed by atoms with E-state index in [-0.39, 0.29) is 18.4 Å². The molecule has 1 aromatic rings. The zero-order valence-corrected chi connectivity index (χ0v) is 11.7. The number of piperidine rings is 1. The Morgan fingerprint density at radius 3 is 2.71 bits per heavy atom. The summed E-state index contributed by atoms with van der Waals surface area (Å²) in [6.07, 6.45) is 6.96. The highest BCUT2D eigenvalue weighted by Crippen LogP contribution is 2.21. The van der Waals surface area contributed by atoms with Crippen LogP contribution in [0.15, 0.2) is 24.3 Å². The van der Waals surface area contributed by atoms with Crippen LogP contribution in [0.3, 0.4) is 0 Å². The third-order valence-corrected chi connectivity index (χ3v) is 3.65. The number of benzene rings is 1. The molecule has 2 N–H and O–H groups in total. The quantitative estimate of drug-likeness (QED) is 0.838. The van der Waals surface area contributed by atoms with Gasteiger partial charge in [0.25, 0.3) is 0 Å². The van der Waals surface area contributed by atoms with E-state index in [0.29, 0.717) is 24.3 Å². The number of hydrogen-bond acceptors (Lipinski definition) is 2. The summed E-state index contributed by atoms with van der Waals surface area (Å²) >= 11 is 0. The highest BCUT2D eigenvalue weighted by molar-refractivity contribution is 5.89. The predicted octanol–water partition coefficient (Wildman–Crippen LogP) is 2.39. The lowest BCUT2D eigenvalue weighted by Gasteiger charge is -2.31. The van der Waals surface area contributed by atoms with Gasteiger partial charge in [0, 0.05) is 30.8 Å². The lowest BCUT2D eigenvalue weighted by molar-refractivity contribution is -0.138. The number of likely N-dealkylation sites (tertiary alicyclic amines) is 1. The summed E-state index contributed by atoms with van der Waals surface area (Å²) in [5.41, 5.74) is 1.39. The van der Waals surface area contributed by atoms with Gasteiger partial charge in [0.2, 0.25) is 0 Å². The van der Waals surface area contributed by atoms with Crippen molar-refractivity contribution in [3.63, 3.8) is 0 Å². The van der Waals surface area contributed by atoms with Gasteiger partial charge >= 0.3 is 12.0 Å². The van der Waals surface area contributed by atoms with Gasteiger partial charge in [-0.1, -0.05) is 12.0 Å². The number of hydrogen-bond donors (Lipinski definition) is 2. The number of aliphatic carboxylic acids is 1. The van der Waals surface area contributed by atoms with E-state index in [9.17, 15) is 9.59 Å². The Morgan fingerprint density at radius 2 is 2.10 bits per heavy atom. The average Bonchev–Trinajstić information content (AvgIpc) is 2.47. The topological polar surface area (TPSA) is 69.6 Å². The minimum Gasteiger partial charge on any atom is -0.481 e. The van der Waals surface area contributed by atoms with E-state index in [1.54, 1.807) is 29.2 Å². The van der Waals surface area contributed by atoms with E-state index in [4.69, 9.17) is 11.5 Å². The fourth-order valence-electron chi connectivity index (χ4n) is 2.48. The van der Waals surface area contributed by atoms with Gasteiger partial charge in [-0.25, -0.2) is 4.79 Å². The molecule has 0 bridgehead atoms. The summed E-state index contributed by atoms with van der Waals surface area (Å²) in [4.78, 5) is 24.5. The van der Waals surface area contributed by atoms with Crippen molar-refractivity contribution >= 4 is 17.7 Å². The summed E-state index contributed by atoms with van der Waals surface area (Å²) in [5.74, 6) is 1.91. The maximum atomic E-state index is 12.1. The van der Waals surface area contributed by atoms with E-state index in [0.717, 1.165) is 12.8 Å². The van der Waals surface area contributed by atoms with Gasteiger partial charge < -0.3 is 15.3 Å². The number of nitrogens with zero attached hydrogens (tertiary/aromatic N) is 1. The highest BCUT2D eigenvalue weighted by Gasteiger charge is 2.24. The number of carboxylic acid groups (broad SMARTS) is 1. The summed E-state index contributed by atoms with van der Waals surface area (Å²) in [5, 5.41) is 11.6. The molecule has 1 heterocycles. The first-order valence-corrected chi connectivity index (χ1v) is 6.93. The third-order valence-electron chi connectivity index (χ3n) is 3.65. The second kappa shape index (κ2) is 6.80. The predicted molar refractivity (Wildman–Crippen MR) is 79.9 cm³/mol. The molecular weight excluding hydrogens is 268 g/mol. The Hall–Kier alpha value is -2.48. The molecule has 1 fully saturated rings. The Bertz CT molecular complexity index is 569. The standard InChI is InChI=1S/C16H18N2O3/c1-2-12-4-3-5-14(10-12)17-16(21)18-8-6-13(7-9-18)11-15(19)20/h1,3-5,10,13H,6-9,11H2,(H,17,21)(H,19,20). The number of urea groups is 1. The highest BCUT2D eigenvalue weighted by atomic mass is 16.4. The van der Waals surface area contributed by atoms with Crippen LogP contribution >= 0.6 is 0 Å². The molecule has 1 aliphatic heterocycles. The number of carboxylic acids is 1. The van der Waals surface area contributed by atoms with E-state index in [1.807, 2.05) is 0 Å². The molecule has 110 valence electrons. The molecule has 0 saturated carbocycles. The first-order chi connectivity index (χ1) is 10.1. The van der Waals surface area contributed by atoms with Crippen LogP contribution in [0.1, 0.15) is 24.8 Å². The van der Waals surface area contributed by atoms with Crippen molar-refractivity contribution in [2.75, 3.05) is 18.4 Å². The molecule has 0 atom stereocenters. The number of amides is 2. The first kappa shape index (κ1) is 14.9. The molecule has 21 heavy (non-hydrogen) atoms. The van der Waals surface area contributed by atoms with Crippen LogP contribution in [0.25, 0.3) is 0 Å². The number of anilines is 1. The number of rotatable bonds is 3. The van der Waals surface area contributed by atoms with Gasteiger partial charge in [0.05, 0.1) is 0 Å². The number of terminal acetylenes is 1. The fourth-order valence-corrected chi connectivity index (χ4v) is 2.48. The maximum absolute atomic E-state index is 12.1. The number of nitrogens with one attached hydrogen (secondary N) is 1. The molecule has 0 spiro atoms. The zero-order valence-electron chi connectivity index (χ0n) is 11.7. The monoisotopic (exact) mass is 286 g/mol. The van der Waals surface area contributed by atoms with E-state index < -0.39 is 5.97 Å². The van der Waals surface area contributed by atoms with Crippen LogP contribution in [0.2, 0.25) is 0 Å². The summed E-state index contributed by atoms with van der Waals surface area (Å²) in [6, 6.07) is 6.96. The average molecular weight is 286 g/mol. The van der Waals surface area contributed by atoms with E-state index in [2.05, 4.69) is 11.2 Å². The molecule has 0 unspecified atom stereocenters. The fraction of sp³-hybridized carbons (Fsp3) is 0.375. The lowest BCUT2D eigenvalue weighted by atomic mass is 9.94. The third kappa shape index (κ3) is 4.25. The molecule has 2 rings (SSSR count). The molecule has 5 nitrogen and oxygen atoms in total. The molecular formula is C16H18N2O3. The van der Waals surface area contributed by atoms with Crippen LogP contribution in [-0.4, -0.2) is 35.1 Å². The van der Waals surface area contributed by atoms with Gasteiger partial charge in [-0.3, -0.25) is 4.79 Å². The SMILES string of the molecule is C#Cc1cccc(NC(=O)N2CCC(CC(=O)O)CC2)c1. The summed E-state index contributed by atoms with van der Waals surface area (Å²) in [6.45, 7) is 1.16. The van der Waals surface area contributed by atoms with E-state index in [1.165, 1.54) is 0 Å². The smallest absolute Gasteiger partial charge is 0.321 e. The molecule has 0 aliphatic carbocycles. The minimum absolute atomic E-state index is 0.163. The molecule has 0 aromatic heterocycles. The van der Waals surface area contributed by atoms with Crippen LogP contribution in [0.5, 0.6) is 0 Å². The summed E-state index contributed by atoms with van der Waals surface area (Å²) in [7, 11) is 0. The van der Waals surface area contributed by atoms with Crippen molar-refractivity contribution in [2.24, 2.45) is 5.92 Å². The normalized spacial score (nSPS) is 15.3. The Kier molecular flexibility index (Phi) is 4.83. The van der Waals surface area contributed by atoms with Gasteiger partial charge in [-0.05, 0) is 37.0 Å². The zero-order chi connectivity index (χ0) is 15.2. The number of carbonyl (C=O) groups is 2. The van der Waals surface area contributed by atoms with Crippen molar-refractivity contribution in [1.82, 2.24) is 4.90 Å². The Morgan fingerprint density at radius 1 is 1.38 bits per heavy atom. The molecule has 1 aromatic carbocycles. The van der Waals surface area contributed by atoms with Gasteiger partial charge in [-0.15, -0.1) is 6.42 Å². The Balaban J connectivity index is 1.87. The molecule has 1 saturated heterocycles. The van der Waals surface area contributed by atoms with Gasteiger partial charge in [-0.2, -0.15) is 0 Å². The van der Waals surface area contributed by atoms with Crippen LogP contribution in [0.4, 0.5) is 10.5 Å². The molecule has 2 amide bonds. The van der Waals surface area contributed by atoms with Crippen LogP contribution in [0, 0.1) is 18.3 Å². The van der Waals surface area contributed by atoms with Crippen molar-refractivity contribution < 1.29 is 14.7 Å². The molecule has 5 heteroatoms. The summed E-state index contributed by atoms with van der Waals surface area (Å²) < 4.78 is 0. The lowest BCUT2D eigenvalue weighted by Crippen LogP contribution is -2.41. The number of carbonyl (C=O) groups excluding carboxylic acids is 1. The van der Waals surface area contributed by atoms with Gasteiger partial charge in [0.15, 0.2) is 0 Å². The van der Waals surface area contributed by atoms with Crippen molar-refractivity contribution in [2.45, 2.75) is 19.3 Å². The molecule has 0 radical (unpaired) electrons. The van der Waals surface area contributed by atoms with Crippen molar-refractivity contribution in [3.8, 4) is 12.3 Å². The van der Waals surface area contributed by atoms with Crippen molar-refractivity contribution in [3.05, 3.63) is 29.8 Å². The second-order valence-electron chi connectivity index (χ2n) is 5.18. The minimum atomic E-state index is -0.774. The maximum Gasteiger partial charge on any atom is 0.321 e.